The van der Waals surface area contributed by atoms with Gasteiger partial charge in [0.1, 0.15) is 6.17 Å². The van der Waals surface area contributed by atoms with Crippen LogP contribution >= 0.6 is 0 Å². The minimum absolute atomic E-state index is 0.0667. The van der Waals surface area contributed by atoms with Crippen LogP contribution in [0.15, 0.2) is 12.1 Å². The number of halogens is 2. The zero-order chi connectivity index (χ0) is 11.6. The molecule has 1 unspecified atom stereocenters. The summed E-state index contributed by atoms with van der Waals surface area (Å²) in [5.74, 6) is -1.20. The number of alkyl halides is 1. The molecule has 4 heteroatoms. The molecule has 1 atom stereocenters. The first-order valence-electron chi connectivity index (χ1n) is 4.49. The average molecular weight is 214 g/mol. The van der Waals surface area contributed by atoms with Crippen LogP contribution in [0, 0.1) is 5.82 Å². The number of ketones is 1. The van der Waals surface area contributed by atoms with Gasteiger partial charge in [0.2, 0.25) is 0 Å². The normalized spacial score (nSPS) is 12.3. The molecule has 0 saturated carbocycles. The van der Waals surface area contributed by atoms with E-state index in [1.807, 2.05) is 0 Å². The Labute approximate surface area is 86.9 Å². The van der Waals surface area contributed by atoms with E-state index in [1.54, 1.807) is 0 Å². The summed E-state index contributed by atoms with van der Waals surface area (Å²) >= 11 is 0. The number of Topliss-reactive ketones (excluding diaryl/α,β-unsaturated/α-hetero) is 1. The van der Waals surface area contributed by atoms with Crippen LogP contribution < -0.4 is 4.74 Å². The lowest BCUT2D eigenvalue weighted by molar-refractivity contribution is 0.101. The minimum atomic E-state index is -1.32. The van der Waals surface area contributed by atoms with Crippen LogP contribution in [0.4, 0.5) is 8.78 Å². The van der Waals surface area contributed by atoms with Gasteiger partial charge in [-0.15, -0.1) is 0 Å². The molecule has 0 N–H and O–H groups in total. The third-order valence-electron chi connectivity index (χ3n) is 2.11. The number of ether oxygens (including phenoxy) is 1. The Morgan fingerprint density at radius 2 is 2.07 bits per heavy atom. The smallest absolute Gasteiger partial charge is 0.166 e. The number of hydrogen-bond acceptors (Lipinski definition) is 2. The molecular formula is C11H12F2O2. The number of carbonyl (C=O) groups excluding carboxylic acids is 1. The molecule has 0 aliphatic carbocycles. The van der Waals surface area contributed by atoms with Crippen molar-refractivity contribution < 1.29 is 18.3 Å². The van der Waals surface area contributed by atoms with Gasteiger partial charge in [-0.05, 0) is 31.5 Å². The number of hydrogen-bond donors (Lipinski definition) is 0. The molecule has 0 radical (unpaired) electrons. The maximum absolute atomic E-state index is 13.4. The van der Waals surface area contributed by atoms with E-state index >= 15 is 0 Å². The van der Waals surface area contributed by atoms with Crippen LogP contribution in [0.5, 0.6) is 5.75 Å². The van der Waals surface area contributed by atoms with Gasteiger partial charge in [-0.25, -0.2) is 8.78 Å². The largest absolute Gasteiger partial charge is 0.493 e. The lowest BCUT2D eigenvalue weighted by atomic mass is 10.0. The molecule has 0 heterocycles. The fourth-order valence-electron chi connectivity index (χ4n) is 1.31. The van der Waals surface area contributed by atoms with Gasteiger partial charge >= 0.3 is 0 Å². The maximum atomic E-state index is 13.4. The zero-order valence-electron chi connectivity index (χ0n) is 8.80. The van der Waals surface area contributed by atoms with Gasteiger partial charge in [0.25, 0.3) is 0 Å². The summed E-state index contributed by atoms with van der Waals surface area (Å²) in [6, 6.07) is 2.35. The summed E-state index contributed by atoms with van der Waals surface area (Å²) in [4.78, 5) is 11.2. The molecule has 15 heavy (non-hydrogen) atoms. The van der Waals surface area contributed by atoms with Crippen molar-refractivity contribution >= 4 is 5.78 Å². The molecule has 82 valence electrons. The quantitative estimate of drug-likeness (QED) is 0.723. The molecular weight excluding hydrogens is 202 g/mol. The highest BCUT2D eigenvalue weighted by molar-refractivity contribution is 5.97. The van der Waals surface area contributed by atoms with Gasteiger partial charge in [-0.3, -0.25) is 4.79 Å². The minimum Gasteiger partial charge on any atom is -0.493 e. The van der Waals surface area contributed by atoms with Gasteiger partial charge in [0, 0.05) is 0 Å². The van der Waals surface area contributed by atoms with Crippen molar-refractivity contribution in [2.75, 3.05) is 7.11 Å². The zero-order valence-corrected chi connectivity index (χ0v) is 8.80. The summed E-state index contributed by atoms with van der Waals surface area (Å²) in [5.41, 5.74) is 0.204. The molecule has 0 amide bonds. The lowest BCUT2D eigenvalue weighted by Crippen LogP contribution is -2.02. The Kier molecular flexibility index (Phi) is 3.39. The van der Waals surface area contributed by atoms with E-state index in [2.05, 4.69) is 0 Å². The molecule has 0 saturated heterocycles. The standard InChI is InChI=1S/C11H12F2O2/c1-6(12)8-4-9(7(2)14)11(15-3)10(13)5-8/h4-6H,1-3H3. The number of benzene rings is 1. The summed E-state index contributed by atoms with van der Waals surface area (Å²) in [7, 11) is 1.27. The summed E-state index contributed by atoms with van der Waals surface area (Å²) < 4.78 is 31.1. The van der Waals surface area contributed by atoms with E-state index in [-0.39, 0.29) is 22.7 Å². The molecule has 1 aromatic carbocycles. The second-order valence-electron chi connectivity index (χ2n) is 3.26. The summed E-state index contributed by atoms with van der Waals surface area (Å²) in [6.45, 7) is 2.56. The van der Waals surface area contributed by atoms with E-state index in [0.29, 0.717) is 0 Å². The average Bonchev–Trinajstić information content (AvgIpc) is 2.16. The first-order chi connectivity index (χ1) is 6.97. The van der Waals surface area contributed by atoms with E-state index in [9.17, 15) is 13.6 Å². The Morgan fingerprint density at radius 3 is 2.47 bits per heavy atom. The van der Waals surface area contributed by atoms with E-state index in [4.69, 9.17) is 4.74 Å². The van der Waals surface area contributed by atoms with Crippen molar-refractivity contribution in [2.24, 2.45) is 0 Å². The van der Waals surface area contributed by atoms with Crippen LogP contribution in [0.2, 0.25) is 0 Å². The van der Waals surface area contributed by atoms with Gasteiger partial charge in [-0.1, -0.05) is 0 Å². The SMILES string of the molecule is COc1c(F)cc(C(C)F)cc1C(C)=O. The van der Waals surface area contributed by atoms with Crippen LogP contribution in [0.3, 0.4) is 0 Å². The topological polar surface area (TPSA) is 26.3 Å². The third-order valence-corrected chi connectivity index (χ3v) is 2.11. The van der Waals surface area contributed by atoms with Crippen LogP contribution in [0.25, 0.3) is 0 Å². The van der Waals surface area contributed by atoms with Crippen molar-refractivity contribution in [3.63, 3.8) is 0 Å². The Bertz CT molecular complexity index is 386. The summed E-state index contributed by atoms with van der Waals surface area (Å²) in [6.07, 6.45) is -1.32. The Morgan fingerprint density at radius 1 is 1.47 bits per heavy atom. The highest BCUT2D eigenvalue weighted by atomic mass is 19.1. The highest BCUT2D eigenvalue weighted by Gasteiger charge is 2.17. The van der Waals surface area contributed by atoms with Gasteiger partial charge in [0.15, 0.2) is 17.3 Å². The molecule has 0 spiro atoms. The molecule has 0 fully saturated rings. The first-order valence-corrected chi connectivity index (χ1v) is 4.49. The monoisotopic (exact) mass is 214 g/mol. The van der Waals surface area contributed by atoms with Crippen LogP contribution in [-0.4, -0.2) is 12.9 Å². The Balaban J connectivity index is 3.38. The second-order valence-corrected chi connectivity index (χ2v) is 3.26. The molecule has 2 nitrogen and oxygen atoms in total. The third kappa shape index (κ3) is 2.32. The molecule has 0 bridgehead atoms. The Hall–Kier alpha value is -1.45. The fraction of sp³-hybridized carbons (Fsp3) is 0.364. The summed E-state index contributed by atoms with van der Waals surface area (Å²) in [5, 5.41) is 0. The molecule has 1 aromatic rings. The van der Waals surface area contributed by atoms with Crippen molar-refractivity contribution in [3.8, 4) is 5.75 Å². The maximum Gasteiger partial charge on any atom is 0.166 e. The lowest BCUT2D eigenvalue weighted by Gasteiger charge is -2.10. The van der Waals surface area contributed by atoms with Crippen LogP contribution in [-0.2, 0) is 0 Å². The molecule has 0 aromatic heterocycles. The first kappa shape index (κ1) is 11.6. The van der Waals surface area contributed by atoms with E-state index < -0.39 is 12.0 Å². The van der Waals surface area contributed by atoms with Gasteiger partial charge < -0.3 is 4.74 Å². The number of carbonyl (C=O) groups is 1. The number of rotatable bonds is 3. The van der Waals surface area contributed by atoms with Crippen molar-refractivity contribution in [1.29, 1.82) is 0 Å². The van der Waals surface area contributed by atoms with Crippen LogP contribution in [0.1, 0.15) is 35.9 Å². The van der Waals surface area contributed by atoms with Crippen molar-refractivity contribution in [3.05, 3.63) is 29.1 Å². The second kappa shape index (κ2) is 4.38. The predicted molar refractivity (Wildman–Crippen MR) is 52.5 cm³/mol. The molecule has 0 aliphatic heterocycles. The van der Waals surface area contributed by atoms with Crippen molar-refractivity contribution in [2.45, 2.75) is 20.0 Å². The van der Waals surface area contributed by atoms with Gasteiger partial charge in [-0.2, -0.15) is 0 Å². The van der Waals surface area contributed by atoms with Gasteiger partial charge in [0.05, 0.1) is 12.7 Å². The molecule has 0 aliphatic rings. The number of methoxy groups -OCH3 is 1. The van der Waals surface area contributed by atoms with E-state index in [1.165, 1.54) is 27.0 Å². The fourth-order valence-corrected chi connectivity index (χ4v) is 1.31. The highest BCUT2D eigenvalue weighted by Crippen LogP contribution is 2.28. The molecule has 1 rings (SSSR count). The van der Waals surface area contributed by atoms with Crippen molar-refractivity contribution in [1.82, 2.24) is 0 Å². The predicted octanol–water partition coefficient (Wildman–Crippen LogP) is 3.07. The van der Waals surface area contributed by atoms with E-state index in [0.717, 1.165) is 6.07 Å².